The minimum Gasteiger partial charge on any atom is -0.449 e. The molecule has 3 aromatic rings. The summed E-state index contributed by atoms with van der Waals surface area (Å²) in [6.07, 6.45) is -1.28. The van der Waals surface area contributed by atoms with Gasteiger partial charge in [-0.25, -0.2) is 4.79 Å². The van der Waals surface area contributed by atoms with Crippen LogP contribution in [0.3, 0.4) is 0 Å². The molecule has 0 heterocycles. The Kier molecular flexibility index (Phi) is 5.05. The van der Waals surface area contributed by atoms with E-state index in [0.29, 0.717) is 0 Å². The van der Waals surface area contributed by atoms with Gasteiger partial charge in [0.25, 0.3) is 0 Å². The fourth-order valence-electron chi connectivity index (χ4n) is 2.85. The minimum atomic E-state index is -2.38. The molecule has 0 unspecified atom stereocenters. The molecule has 134 valence electrons. The molecule has 26 heavy (non-hydrogen) atoms. The monoisotopic (exact) mass is 366 g/mol. The maximum Gasteiger partial charge on any atom is 0.517 e. The average molecular weight is 366 g/mol. The highest BCUT2D eigenvalue weighted by molar-refractivity contribution is 8.30. The predicted octanol–water partition coefficient (Wildman–Crippen LogP) is 6.50. The highest BCUT2D eigenvalue weighted by Crippen LogP contribution is 2.69. The number of carbonyl (C=O) groups is 1. The summed E-state index contributed by atoms with van der Waals surface area (Å²) >= 11 is 0. The quantitative estimate of drug-likeness (QED) is 0.573. The molecular weight excluding hydrogens is 344 g/mol. The maximum atomic E-state index is 11.7. The summed E-state index contributed by atoms with van der Waals surface area (Å²) in [7, 11) is -2.38. The summed E-state index contributed by atoms with van der Waals surface area (Å²) in [5, 5.41) is 9.60. The van der Waals surface area contributed by atoms with Crippen molar-refractivity contribution in [3.8, 4) is 0 Å². The SMILES string of the molecule is Cc1ccc(S(OC(=O)O)(c2ccc(C)cc2)c2ccc(C)cc2)cc1. The van der Waals surface area contributed by atoms with Crippen LogP contribution in [-0.4, -0.2) is 11.3 Å². The van der Waals surface area contributed by atoms with E-state index in [1.165, 1.54) is 0 Å². The number of aryl methyl sites for hydroxylation is 3. The van der Waals surface area contributed by atoms with Crippen LogP contribution >= 0.6 is 10.3 Å². The van der Waals surface area contributed by atoms with Crippen molar-refractivity contribution in [1.82, 2.24) is 0 Å². The first-order valence-corrected chi connectivity index (χ1v) is 9.93. The van der Waals surface area contributed by atoms with Crippen LogP contribution in [0, 0.1) is 20.8 Å². The van der Waals surface area contributed by atoms with Crippen LogP contribution in [0.5, 0.6) is 0 Å². The van der Waals surface area contributed by atoms with Gasteiger partial charge in [-0.15, -0.1) is 0 Å². The van der Waals surface area contributed by atoms with E-state index in [2.05, 4.69) is 0 Å². The van der Waals surface area contributed by atoms with Crippen molar-refractivity contribution in [3.63, 3.8) is 0 Å². The molecule has 0 fully saturated rings. The average Bonchev–Trinajstić information content (AvgIpc) is 2.62. The Bertz CT molecular complexity index is 787. The Morgan fingerprint density at radius 1 is 0.654 bits per heavy atom. The summed E-state index contributed by atoms with van der Waals surface area (Å²) in [5.41, 5.74) is 3.35. The number of carboxylic acid groups (broad SMARTS) is 1. The molecule has 4 heteroatoms. The molecule has 0 radical (unpaired) electrons. The van der Waals surface area contributed by atoms with Crippen molar-refractivity contribution in [3.05, 3.63) is 89.5 Å². The van der Waals surface area contributed by atoms with E-state index in [1.807, 2.05) is 93.6 Å². The molecule has 0 aliphatic carbocycles. The Labute approximate surface area is 155 Å². The van der Waals surface area contributed by atoms with Crippen LogP contribution in [-0.2, 0) is 4.18 Å². The Morgan fingerprint density at radius 3 is 1.15 bits per heavy atom. The van der Waals surface area contributed by atoms with Gasteiger partial charge in [-0.2, -0.15) is 0 Å². The first-order valence-electron chi connectivity index (χ1n) is 8.37. The molecule has 0 spiro atoms. The molecule has 3 aromatic carbocycles. The van der Waals surface area contributed by atoms with Crippen molar-refractivity contribution in [2.24, 2.45) is 0 Å². The van der Waals surface area contributed by atoms with Gasteiger partial charge in [0.05, 0.1) is 0 Å². The lowest BCUT2D eigenvalue weighted by atomic mass is 10.2. The lowest BCUT2D eigenvalue weighted by Crippen LogP contribution is -2.12. The largest absolute Gasteiger partial charge is 0.517 e. The van der Waals surface area contributed by atoms with Crippen molar-refractivity contribution in [2.75, 3.05) is 0 Å². The van der Waals surface area contributed by atoms with Crippen LogP contribution < -0.4 is 0 Å². The van der Waals surface area contributed by atoms with Gasteiger partial charge >= 0.3 is 6.16 Å². The van der Waals surface area contributed by atoms with E-state index in [-0.39, 0.29) is 0 Å². The summed E-state index contributed by atoms with van der Waals surface area (Å²) in [6, 6.07) is 23.7. The molecule has 0 saturated heterocycles. The van der Waals surface area contributed by atoms with Crippen molar-refractivity contribution in [1.29, 1.82) is 0 Å². The van der Waals surface area contributed by atoms with Gasteiger partial charge in [0.2, 0.25) is 0 Å². The highest BCUT2D eigenvalue weighted by Gasteiger charge is 2.35. The zero-order valence-electron chi connectivity index (χ0n) is 15.1. The Hall–Kier alpha value is -2.72. The number of hydrogen-bond acceptors (Lipinski definition) is 2. The van der Waals surface area contributed by atoms with Crippen LogP contribution in [0.2, 0.25) is 0 Å². The third-order valence-electron chi connectivity index (χ3n) is 4.26. The molecule has 0 aromatic heterocycles. The van der Waals surface area contributed by atoms with Crippen LogP contribution in [0.15, 0.2) is 87.5 Å². The van der Waals surface area contributed by atoms with E-state index in [0.717, 1.165) is 31.4 Å². The van der Waals surface area contributed by atoms with E-state index >= 15 is 0 Å². The lowest BCUT2D eigenvalue weighted by molar-refractivity contribution is 0.150. The fraction of sp³-hybridized carbons (Fsp3) is 0.136. The number of benzene rings is 3. The van der Waals surface area contributed by atoms with Crippen molar-refractivity contribution >= 4 is 16.5 Å². The van der Waals surface area contributed by atoms with Crippen LogP contribution in [0.25, 0.3) is 0 Å². The predicted molar refractivity (Wildman–Crippen MR) is 105 cm³/mol. The smallest absolute Gasteiger partial charge is 0.449 e. The molecule has 0 aliphatic heterocycles. The second-order valence-electron chi connectivity index (χ2n) is 6.34. The van der Waals surface area contributed by atoms with E-state index in [1.54, 1.807) is 0 Å². The summed E-state index contributed by atoms with van der Waals surface area (Å²) in [5.74, 6) is 0. The second kappa shape index (κ2) is 7.26. The summed E-state index contributed by atoms with van der Waals surface area (Å²) in [6.45, 7) is 6.03. The standard InChI is InChI=1S/C22H22O3S/c1-16-4-10-19(11-5-16)26(25-22(23)24,20-12-6-17(2)7-13-20)21-14-8-18(3)9-15-21/h4-15H,1-3H3,(H,23,24). The molecule has 0 bridgehead atoms. The molecular formula is C22H22O3S. The van der Waals surface area contributed by atoms with Crippen molar-refractivity contribution < 1.29 is 14.1 Å². The Morgan fingerprint density at radius 2 is 0.923 bits per heavy atom. The topological polar surface area (TPSA) is 46.5 Å². The lowest BCUT2D eigenvalue weighted by Gasteiger charge is -2.38. The molecule has 1 N–H and O–H groups in total. The van der Waals surface area contributed by atoms with Crippen molar-refractivity contribution in [2.45, 2.75) is 35.5 Å². The first-order chi connectivity index (χ1) is 12.4. The van der Waals surface area contributed by atoms with Gasteiger partial charge in [0, 0.05) is 14.7 Å². The van der Waals surface area contributed by atoms with E-state index in [9.17, 15) is 9.90 Å². The summed E-state index contributed by atoms with van der Waals surface area (Å²) < 4.78 is 5.72. The van der Waals surface area contributed by atoms with Gasteiger partial charge in [0.1, 0.15) is 0 Å². The molecule has 3 rings (SSSR count). The molecule has 3 nitrogen and oxygen atoms in total. The zero-order valence-corrected chi connectivity index (χ0v) is 15.9. The maximum absolute atomic E-state index is 11.7. The fourth-order valence-corrected chi connectivity index (χ4v) is 5.73. The first kappa shape index (κ1) is 18.1. The normalized spacial score (nSPS) is 11.8. The van der Waals surface area contributed by atoms with E-state index in [4.69, 9.17) is 4.18 Å². The van der Waals surface area contributed by atoms with Gasteiger partial charge in [0.15, 0.2) is 0 Å². The third kappa shape index (κ3) is 3.46. The van der Waals surface area contributed by atoms with E-state index < -0.39 is 16.5 Å². The van der Waals surface area contributed by atoms with Gasteiger partial charge in [-0.1, -0.05) is 53.1 Å². The molecule has 0 aliphatic rings. The van der Waals surface area contributed by atoms with Gasteiger partial charge < -0.3 is 9.29 Å². The summed E-state index contributed by atoms with van der Waals surface area (Å²) in [4.78, 5) is 14.3. The minimum absolute atomic E-state index is 0.859. The molecule has 0 amide bonds. The zero-order chi connectivity index (χ0) is 18.7. The van der Waals surface area contributed by atoms with Crippen LogP contribution in [0.4, 0.5) is 4.79 Å². The molecule has 0 saturated carbocycles. The van der Waals surface area contributed by atoms with Gasteiger partial charge in [-0.3, -0.25) is 0 Å². The molecule has 0 atom stereocenters. The number of hydrogen-bond donors (Lipinski definition) is 1. The van der Waals surface area contributed by atoms with Gasteiger partial charge in [-0.05, 0) is 67.5 Å². The number of rotatable bonds is 4. The Balaban J connectivity index is 2.33. The second-order valence-corrected chi connectivity index (χ2v) is 9.04. The highest BCUT2D eigenvalue weighted by atomic mass is 32.3. The van der Waals surface area contributed by atoms with Crippen LogP contribution in [0.1, 0.15) is 16.7 Å². The third-order valence-corrected chi connectivity index (χ3v) is 7.46.